The van der Waals surface area contributed by atoms with Crippen molar-refractivity contribution < 1.29 is 19.4 Å². The molecule has 0 unspecified atom stereocenters. The number of nitrogens with zero attached hydrogens (tertiary/aromatic N) is 1. The number of carbonyl (C=O) groups is 1. The molecule has 1 amide bonds. The summed E-state index contributed by atoms with van der Waals surface area (Å²) < 4.78 is 10.9. The van der Waals surface area contributed by atoms with E-state index < -0.39 is 6.10 Å². The van der Waals surface area contributed by atoms with E-state index in [-0.39, 0.29) is 12.3 Å². The smallest absolute Gasteiger partial charge is 0.225 e. The SMILES string of the molecule is O=C(C[C@@H](O)c1ccc2c(c1)OCCO2)N1CCCC1. The number of aliphatic hydroxyl groups is 1. The van der Waals surface area contributed by atoms with Crippen LogP contribution in [0.1, 0.15) is 30.9 Å². The molecule has 0 saturated carbocycles. The largest absolute Gasteiger partial charge is 0.486 e. The molecule has 0 aromatic heterocycles. The Bertz CT molecular complexity index is 497. The molecule has 2 heterocycles. The Labute approximate surface area is 118 Å². The van der Waals surface area contributed by atoms with Crippen molar-refractivity contribution in [3.05, 3.63) is 23.8 Å². The van der Waals surface area contributed by atoms with E-state index in [1.807, 2.05) is 4.90 Å². The minimum absolute atomic E-state index is 0.0184. The van der Waals surface area contributed by atoms with Gasteiger partial charge in [-0.2, -0.15) is 0 Å². The fourth-order valence-corrected chi connectivity index (χ4v) is 2.65. The van der Waals surface area contributed by atoms with Crippen LogP contribution in [-0.4, -0.2) is 42.2 Å². The van der Waals surface area contributed by atoms with Gasteiger partial charge in [-0.25, -0.2) is 0 Å². The monoisotopic (exact) mass is 277 g/mol. The van der Waals surface area contributed by atoms with E-state index in [1.165, 1.54) is 0 Å². The van der Waals surface area contributed by atoms with Gasteiger partial charge in [0, 0.05) is 13.1 Å². The van der Waals surface area contributed by atoms with Gasteiger partial charge in [0.2, 0.25) is 5.91 Å². The van der Waals surface area contributed by atoms with Crippen molar-refractivity contribution in [2.45, 2.75) is 25.4 Å². The molecule has 1 atom stereocenters. The molecule has 5 heteroatoms. The minimum Gasteiger partial charge on any atom is -0.486 e. The van der Waals surface area contributed by atoms with Crippen LogP contribution in [0.4, 0.5) is 0 Å². The second-order valence-corrected chi connectivity index (χ2v) is 5.21. The summed E-state index contributed by atoms with van der Waals surface area (Å²) in [6, 6.07) is 5.33. The van der Waals surface area contributed by atoms with Crippen LogP contribution in [0, 0.1) is 0 Å². The minimum atomic E-state index is -0.793. The van der Waals surface area contributed by atoms with Crippen LogP contribution in [0.5, 0.6) is 11.5 Å². The number of amides is 1. The summed E-state index contributed by atoms with van der Waals surface area (Å²) in [5, 5.41) is 10.2. The fourth-order valence-electron chi connectivity index (χ4n) is 2.65. The Balaban J connectivity index is 1.67. The molecule has 1 N–H and O–H groups in total. The quantitative estimate of drug-likeness (QED) is 0.909. The molecule has 108 valence electrons. The van der Waals surface area contributed by atoms with Crippen LogP contribution in [0.15, 0.2) is 18.2 Å². The lowest BCUT2D eigenvalue weighted by atomic mass is 10.1. The first-order chi connectivity index (χ1) is 9.74. The molecule has 2 aliphatic rings. The number of rotatable bonds is 3. The summed E-state index contributed by atoms with van der Waals surface area (Å²) in [6.45, 7) is 2.68. The molecule has 5 nitrogen and oxygen atoms in total. The van der Waals surface area contributed by atoms with Crippen LogP contribution >= 0.6 is 0 Å². The van der Waals surface area contributed by atoms with Crippen LogP contribution in [-0.2, 0) is 4.79 Å². The standard InChI is InChI=1S/C15H19NO4/c17-12(10-15(18)16-5-1-2-6-16)11-3-4-13-14(9-11)20-8-7-19-13/h3-4,9,12,17H,1-2,5-8,10H2/t12-/m1/s1. The van der Waals surface area contributed by atoms with Crippen molar-refractivity contribution in [1.82, 2.24) is 4.90 Å². The van der Waals surface area contributed by atoms with Gasteiger partial charge in [-0.15, -0.1) is 0 Å². The normalized spacial score (nSPS) is 18.9. The Hall–Kier alpha value is -1.75. The van der Waals surface area contributed by atoms with E-state index in [0.29, 0.717) is 30.3 Å². The summed E-state index contributed by atoms with van der Waals surface area (Å²) in [6.07, 6.45) is 1.45. The molecule has 0 aliphatic carbocycles. The summed E-state index contributed by atoms with van der Waals surface area (Å²) in [7, 11) is 0. The van der Waals surface area contributed by atoms with Gasteiger partial charge >= 0.3 is 0 Å². The molecular weight excluding hydrogens is 258 g/mol. The molecule has 1 aromatic carbocycles. The Morgan fingerprint density at radius 2 is 1.90 bits per heavy atom. The summed E-state index contributed by atoms with van der Waals surface area (Å²) >= 11 is 0. The van der Waals surface area contributed by atoms with Crippen LogP contribution in [0.2, 0.25) is 0 Å². The highest BCUT2D eigenvalue weighted by molar-refractivity contribution is 5.77. The van der Waals surface area contributed by atoms with Crippen LogP contribution < -0.4 is 9.47 Å². The summed E-state index contributed by atoms with van der Waals surface area (Å²) in [5.74, 6) is 1.35. The first kappa shape index (κ1) is 13.2. The predicted molar refractivity (Wildman–Crippen MR) is 72.8 cm³/mol. The highest BCUT2D eigenvalue weighted by Gasteiger charge is 2.22. The molecule has 0 spiro atoms. The van der Waals surface area contributed by atoms with Crippen molar-refractivity contribution in [2.24, 2.45) is 0 Å². The molecule has 0 radical (unpaired) electrons. The third kappa shape index (κ3) is 2.72. The lowest BCUT2D eigenvalue weighted by Crippen LogP contribution is -2.28. The highest BCUT2D eigenvalue weighted by atomic mass is 16.6. The van der Waals surface area contributed by atoms with Crippen molar-refractivity contribution in [3.8, 4) is 11.5 Å². The Morgan fingerprint density at radius 3 is 2.65 bits per heavy atom. The molecule has 2 aliphatic heterocycles. The maximum absolute atomic E-state index is 12.0. The number of aliphatic hydroxyl groups excluding tert-OH is 1. The third-order valence-corrected chi connectivity index (χ3v) is 3.78. The number of likely N-dealkylation sites (tertiary alicyclic amines) is 1. The zero-order chi connectivity index (χ0) is 13.9. The molecule has 1 fully saturated rings. The van der Waals surface area contributed by atoms with Crippen molar-refractivity contribution in [3.63, 3.8) is 0 Å². The number of benzene rings is 1. The second-order valence-electron chi connectivity index (χ2n) is 5.21. The van der Waals surface area contributed by atoms with E-state index in [0.717, 1.165) is 25.9 Å². The average molecular weight is 277 g/mol. The Morgan fingerprint density at radius 1 is 1.20 bits per heavy atom. The molecular formula is C15H19NO4. The van der Waals surface area contributed by atoms with E-state index in [1.54, 1.807) is 18.2 Å². The van der Waals surface area contributed by atoms with E-state index in [9.17, 15) is 9.90 Å². The fraction of sp³-hybridized carbons (Fsp3) is 0.533. The number of ether oxygens (including phenoxy) is 2. The maximum atomic E-state index is 12.0. The van der Waals surface area contributed by atoms with Crippen molar-refractivity contribution in [2.75, 3.05) is 26.3 Å². The summed E-state index contributed by atoms with van der Waals surface area (Å²) in [5.41, 5.74) is 0.696. The average Bonchev–Trinajstić information content (AvgIpc) is 3.01. The van der Waals surface area contributed by atoms with Gasteiger partial charge in [-0.05, 0) is 30.5 Å². The van der Waals surface area contributed by atoms with Crippen molar-refractivity contribution in [1.29, 1.82) is 0 Å². The van der Waals surface area contributed by atoms with Gasteiger partial charge < -0.3 is 19.5 Å². The number of hydrogen-bond donors (Lipinski definition) is 1. The lowest BCUT2D eigenvalue weighted by molar-refractivity contribution is -0.132. The Kier molecular flexibility index (Phi) is 3.78. The molecule has 3 rings (SSSR count). The topological polar surface area (TPSA) is 59.0 Å². The second kappa shape index (κ2) is 5.71. The van der Waals surface area contributed by atoms with Crippen LogP contribution in [0.25, 0.3) is 0 Å². The van der Waals surface area contributed by atoms with Gasteiger partial charge in [0.15, 0.2) is 11.5 Å². The maximum Gasteiger partial charge on any atom is 0.225 e. The number of carbonyl (C=O) groups excluding carboxylic acids is 1. The molecule has 20 heavy (non-hydrogen) atoms. The summed E-state index contributed by atoms with van der Waals surface area (Å²) in [4.78, 5) is 13.8. The van der Waals surface area contributed by atoms with Crippen molar-refractivity contribution >= 4 is 5.91 Å². The van der Waals surface area contributed by atoms with Gasteiger partial charge in [-0.1, -0.05) is 6.07 Å². The third-order valence-electron chi connectivity index (χ3n) is 3.78. The van der Waals surface area contributed by atoms with Crippen LogP contribution in [0.3, 0.4) is 0 Å². The predicted octanol–water partition coefficient (Wildman–Crippen LogP) is 1.50. The first-order valence-corrected chi connectivity index (χ1v) is 7.09. The van der Waals surface area contributed by atoms with Gasteiger partial charge in [0.25, 0.3) is 0 Å². The van der Waals surface area contributed by atoms with Gasteiger partial charge in [0.1, 0.15) is 13.2 Å². The zero-order valence-electron chi connectivity index (χ0n) is 11.4. The first-order valence-electron chi connectivity index (χ1n) is 7.09. The van der Waals surface area contributed by atoms with E-state index in [2.05, 4.69) is 0 Å². The van der Waals surface area contributed by atoms with Gasteiger partial charge in [0.05, 0.1) is 12.5 Å². The lowest BCUT2D eigenvalue weighted by Gasteiger charge is -2.21. The number of hydrogen-bond acceptors (Lipinski definition) is 4. The zero-order valence-corrected chi connectivity index (χ0v) is 11.4. The van der Waals surface area contributed by atoms with E-state index >= 15 is 0 Å². The molecule has 0 bridgehead atoms. The molecule has 1 saturated heterocycles. The van der Waals surface area contributed by atoms with E-state index in [4.69, 9.17) is 9.47 Å². The number of fused-ring (bicyclic) bond motifs is 1. The molecule has 1 aromatic rings. The van der Waals surface area contributed by atoms with Gasteiger partial charge in [-0.3, -0.25) is 4.79 Å². The highest BCUT2D eigenvalue weighted by Crippen LogP contribution is 2.33.